The van der Waals surface area contributed by atoms with Gasteiger partial charge in [0.15, 0.2) is 5.43 Å². The molecule has 31 heavy (non-hydrogen) atoms. The first-order chi connectivity index (χ1) is 15.1. The summed E-state index contributed by atoms with van der Waals surface area (Å²) < 4.78 is 6.03. The van der Waals surface area contributed by atoms with Crippen LogP contribution in [0.5, 0.6) is 0 Å². The molecule has 1 unspecified atom stereocenters. The van der Waals surface area contributed by atoms with Gasteiger partial charge < -0.3 is 14.2 Å². The lowest BCUT2D eigenvalue weighted by atomic mass is 9.98. The summed E-state index contributed by atoms with van der Waals surface area (Å²) in [5.74, 6) is -0.0404. The molecule has 1 aliphatic heterocycles. The summed E-state index contributed by atoms with van der Waals surface area (Å²) >= 11 is 0. The number of amides is 1. The summed E-state index contributed by atoms with van der Waals surface area (Å²) in [4.78, 5) is 35.2. The first-order valence-corrected chi connectivity index (χ1v) is 11.1. The first kappa shape index (κ1) is 21.2. The van der Waals surface area contributed by atoms with Crippen LogP contribution in [0, 0.1) is 0 Å². The molecule has 6 nitrogen and oxygen atoms in total. The maximum Gasteiger partial charge on any atom is 0.290 e. The molecule has 1 aromatic carbocycles. The molecule has 1 atom stereocenters. The zero-order chi connectivity index (χ0) is 22.0. The van der Waals surface area contributed by atoms with Gasteiger partial charge in [-0.05, 0) is 67.9 Å². The Balaban J connectivity index is 1.79. The van der Waals surface area contributed by atoms with E-state index in [9.17, 15) is 9.59 Å². The molecule has 1 aliphatic rings. The SMILES string of the molecule is CCc1ccc2oc3c(c(=O)c2c1)C(c1ccncc1)N(CCCN(CC)CC)C3=O. The molecule has 0 saturated heterocycles. The molecule has 0 fully saturated rings. The quantitative estimate of drug-likeness (QED) is 0.552. The van der Waals surface area contributed by atoms with Gasteiger partial charge in [0.2, 0.25) is 5.76 Å². The number of carbonyl (C=O) groups excluding carboxylic acids is 1. The van der Waals surface area contributed by atoms with Gasteiger partial charge in [0.25, 0.3) is 5.91 Å². The molecule has 0 spiro atoms. The van der Waals surface area contributed by atoms with Crippen LogP contribution in [0.4, 0.5) is 0 Å². The molecule has 3 heterocycles. The van der Waals surface area contributed by atoms with Crippen LogP contribution in [0.15, 0.2) is 51.9 Å². The van der Waals surface area contributed by atoms with Crippen molar-refractivity contribution in [1.82, 2.24) is 14.8 Å². The topological polar surface area (TPSA) is 66.7 Å². The second-order valence-electron chi connectivity index (χ2n) is 7.92. The van der Waals surface area contributed by atoms with E-state index in [1.807, 2.05) is 24.3 Å². The van der Waals surface area contributed by atoms with E-state index in [1.54, 1.807) is 23.4 Å². The lowest BCUT2D eigenvalue weighted by molar-refractivity contribution is 0.0720. The number of benzene rings is 1. The highest BCUT2D eigenvalue weighted by molar-refractivity contribution is 5.99. The van der Waals surface area contributed by atoms with E-state index in [0.29, 0.717) is 23.1 Å². The number of carbonyl (C=O) groups is 1. The number of pyridine rings is 1. The van der Waals surface area contributed by atoms with Crippen LogP contribution in [-0.4, -0.2) is 46.9 Å². The van der Waals surface area contributed by atoms with Crippen molar-refractivity contribution in [2.75, 3.05) is 26.2 Å². The molecule has 0 bridgehead atoms. The largest absolute Gasteiger partial charge is 0.450 e. The highest BCUT2D eigenvalue weighted by Gasteiger charge is 2.42. The van der Waals surface area contributed by atoms with Gasteiger partial charge in [-0.1, -0.05) is 26.8 Å². The Morgan fingerprint density at radius 2 is 1.81 bits per heavy atom. The monoisotopic (exact) mass is 419 g/mol. The van der Waals surface area contributed by atoms with Crippen molar-refractivity contribution in [3.63, 3.8) is 0 Å². The minimum Gasteiger partial charge on any atom is -0.450 e. The highest BCUT2D eigenvalue weighted by Crippen LogP contribution is 2.38. The lowest BCUT2D eigenvalue weighted by Crippen LogP contribution is -2.33. The Bertz CT molecular complexity index is 1140. The first-order valence-electron chi connectivity index (χ1n) is 11.1. The summed E-state index contributed by atoms with van der Waals surface area (Å²) in [5, 5.41) is 0.537. The van der Waals surface area contributed by atoms with Crippen molar-refractivity contribution in [3.8, 4) is 0 Å². The Kier molecular flexibility index (Phi) is 6.18. The summed E-state index contributed by atoms with van der Waals surface area (Å²) in [6.45, 7) is 9.74. The van der Waals surface area contributed by atoms with Gasteiger partial charge in [0, 0.05) is 18.9 Å². The maximum atomic E-state index is 13.6. The number of hydrogen-bond acceptors (Lipinski definition) is 5. The van der Waals surface area contributed by atoms with Crippen LogP contribution in [-0.2, 0) is 6.42 Å². The molecule has 0 aliphatic carbocycles. The highest BCUT2D eigenvalue weighted by atomic mass is 16.3. The normalized spacial score (nSPS) is 15.8. The third kappa shape index (κ3) is 3.88. The van der Waals surface area contributed by atoms with Gasteiger partial charge >= 0.3 is 0 Å². The Morgan fingerprint density at radius 1 is 1.06 bits per heavy atom. The maximum absolute atomic E-state index is 13.6. The molecule has 0 radical (unpaired) electrons. The number of aryl methyl sites for hydroxylation is 1. The van der Waals surface area contributed by atoms with E-state index in [1.165, 1.54) is 0 Å². The fourth-order valence-corrected chi connectivity index (χ4v) is 4.41. The van der Waals surface area contributed by atoms with Crippen molar-refractivity contribution < 1.29 is 9.21 Å². The minimum atomic E-state index is -0.451. The molecule has 4 rings (SSSR count). The van der Waals surface area contributed by atoms with E-state index in [0.717, 1.165) is 43.6 Å². The average Bonchev–Trinajstić information content (AvgIpc) is 3.09. The molecule has 1 amide bonds. The van der Waals surface area contributed by atoms with Crippen LogP contribution >= 0.6 is 0 Å². The molecule has 6 heteroatoms. The van der Waals surface area contributed by atoms with Gasteiger partial charge in [-0.15, -0.1) is 0 Å². The van der Waals surface area contributed by atoms with Gasteiger partial charge in [0.1, 0.15) is 5.58 Å². The molecule has 0 N–H and O–H groups in total. The molecular weight excluding hydrogens is 390 g/mol. The van der Waals surface area contributed by atoms with Crippen LogP contribution in [0.1, 0.15) is 60.5 Å². The number of fused-ring (bicyclic) bond motifs is 2. The molecule has 162 valence electrons. The number of hydrogen-bond donors (Lipinski definition) is 0. The standard InChI is InChI=1S/C25H29N3O3/c1-4-17-8-9-20-19(16-17)23(29)21-22(18-10-12-26-13-11-18)28(25(30)24(21)31-20)15-7-14-27(5-2)6-3/h8-13,16,22H,4-7,14-15H2,1-3H3. The molecule has 0 saturated carbocycles. The third-order valence-corrected chi connectivity index (χ3v) is 6.23. The zero-order valence-corrected chi connectivity index (χ0v) is 18.4. The number of nitrogens with zero attached hydrogens (tertiary/aromatic N) is 3. The van der Waals surface area contributed by atoms with Gasteiger partial charge in [-0.2, -0.15) is 0 Å². The Hall–Kier alpha value is -2.99. The number of rotatable bonds is 8. The Morgan fingerprint density at radius 3 is 2.48 bits per heavy atom. The molecule has 2 aromatic heterocycles. The average molecular weight is 420 g/mol. The Labute approximate surface area is 182 Å². The molecular formula is C25H29N3O3. The van der Waals surface area contributed by atoms with Crippen molar-refractivity contribution in [2.45, 2.75) is 39.7 Å². The van der Waals surface area contributed by atoms with E-state index in [4.69, 9.17) is 4.42 Å². The van der Waals surface area contributed by atoms with Crippen LogP contribution < -0.4 is 5.43 Å². The smallest absolute Gasteiger partial charge is 0.290 e. The lowest BCUT2D eigenvalue weighted by Gasteiger charge is -2.26. The zero-order valence-electron chi connectivity index (χ0n) is 18.4. The van der Waals surface area contributed by atoms with E-state index < -0.39 is 6.04 Å². The fraction of sp³-hybridized carbons (Fsp3) is 0.400. The second-order valence-corrected chi connectivity index (χ2v) is 7.92. The van der Waals surface area contributed by atoms with Gasteiger partial charge in [0.05, 0.1) is 17.0 Å². The second kappa shape index (κ2) is 9.02. The van der Waals surface area contributed by atoms with E-state index >= 15 is 0 Å². The third-order valence-electron chi connectivity index (χ3n) is 6.23. The van der Waals surface area contributed by atoms with Gasteiger partial charge in [-0.25, -0.2) is 0 Å². The van der Waals surface area contributed by atoms with Crippen LogP contribution in [0.25, 0.3) is 11.0 Å². The van der Waals surface area contributed by atoms with Crippen molar-refractivity contribution in [3.05, 3.63) is 75.4 Å². The van der Waals surface area contributed by atoms with Crippen LogP contribution in [0.2, 0.25) is 0 Å². The summed E-state index contributed by atoms with van der Waals surface area (Å²) in [6, 6.07) is 8.92. The number of aromatic nitrogens is 1. The minimum absolute atomic E-state index is 0.118. The van der Waals surface area contributed by atoms with Crippen molar-refractivity contribution in [1.29, 1.82) is 0 Å². The fourth-order valence-electron chi connectivity index (χ4n) is 4.41. The predicted molar refractivity (Wildman–Crippen MR) is 121 cm³/mol. The summed E-state index contributed by atoms with van der Waals surface area (Å²) in [5.41, 5.74) is 2.74. The summed E-state index contributed by atoms with van der Waals surface area (Å²) in [6.07, 6.45) is 5.06. The molecule has 3 aromatic rings. The van der Waals surface area contributed by atoms with Crippen molar-refractivity contribution in [2.24, 2.45) is 0 Å². The van der Waals surface area contributed by atoms with E-state index in [2.05, 4.69) is 30.7 Å². The predicted octanol–water partition coefficient (Wildman–Crippen LogP) is 4.03. The van der Waals surface area contributed by atoms with Crippen LogP contribution in [0.3, 0.4) is 0 Å². The van der Waals surface area contributed by atoms with E-state index in [-0.39, 0.29) is 17.1 Å². The van der Waals surface area contributed by atoms with Crippen molar-refractivity contribution >= 4 is 16.9 Å². The summed E-state index contributed by atoms with van der Waals surface area (Å²) in [7, 11) is 0. The van der Waals surface area contributed by atoms with Gasteiger partial charge in [-0.3, -0.25) is 14.6 Å².